The minimum Gasteiger partial charge on any atom is -0.385 e. The summed E-state index contributed by atoms with van der Waals surface area (Å²) in [6.45, 7) is 5.31. The van der Waals surface area contributed by atoms with E-state index >= 15 is 0 Å². The minimum atomic E-state index is -0.128. The third kappa shape index (κ3) is 7.58. The molecule has 1 rings (SSSR count). The van der Waals surface area contributed by atoms with E-state index in [4.69, 9.17) is 4.74 Å². The molecule has 0 fully saturated rings. The molecule has 1 amide bonds. The topological polar surface area (TPSA) is 87.6 Å². The second kappa shape index (κ2) is 11.5. The zero-order valence-electron chi connectivity index (χ0n) is 13.3. The number of nitrogens with zero attached hydrogens (tertiary/aromatic N) is 2. The van der Waals surface area contributed by atoms with E-state index in [2.05, 4.69) is 25.9 Å². The van der Waals surface area contributed by atoms with E-state index in [0.29, 0.717) is 31.8 Å². The van der Waals surface area contributed by atoms with Gasteiger partial charge in [0.15, 0.2) is 5.96 Å². The summed E-state index contributed by atoms with van der Waals surface area (Å²) in [7, 11) is 1.68. The Morgan fingerprint density at radius 2 is 2.14 bits per heavy atom. The SMILES string of the molecule is CCNC(=NCCCOC)NCCNC(=O)c1cccnc1. The van der Waals surface area contributed by atoms with E-state index in [1.807, 2.05) is 6.92 Å². The second-order valence-electron chi connectivity index (χ2n) is 4.53. The molecule has 0 spiro atoms. The lowest BCUT2D eigenvalue weighted by atomic mass is 10.3. The first-order chi connectivity index (χ1) is 10.8. The van der Waals surface area contributed by atoms with Crippen molar-refractivity contribution in [2.24, 2.45) is 4.99 Å². The fourth-order valence-corrected chi connectivity index (χ4v) is 1.70. The Labute approximate surface area is 131 Å². The average molecular weight is 307 g/mol. The van der Waals surface area contributed by atoms with Gasteiger partial charge in [-0.1, -0.05) is 0 Å². The van der Waals surface area contributed by atoms with Gasteiger partial charge in [0.1, 0.15) is 0 Å². The van der Waals surface area contributed by atoms with E-state index in [1.165, 1.54) is 0 Å². The monoisotopic (exact) mass is 307 g/mol. The van der Waals surface area contributed by atoms with Crippen LogP contribution in [0.2, 0.25) is 0 Å². The number of pyridine rings is 1. The molecule has 0 aliphatic heterocycles. The molecule has 22 heavy (non-hydrogen) atoms. The maximum Gasteiger partial charge on any atom is 0.252 e. The molecule has 1 heterocycles. The van der Waals surface area contributed by atoms with Crippen LogP contribution in [-0.4, -0.2) is 56.7 Å². The van der Waals surface area contributed by atoms with Gasteiger partial charge in [0.25, 0.3) is 5.91 Å². The van der Waals surface area contributed by atoms with Gasteiger partial charge >= 0.3 is 0 Å². The number of ether oxygens (including phenoxy) is 1. The number of hydrogen-bond acceptors (Lipinski definition) is 4. The van der Waals surface area contributed by atoms with Crippen molar-refractivity contribution in [2.75, 3.05) is 39.9 Å². The lowest BCUT2D eigenvalue weighted by Gasteiger charge is -2.11. The zero-order valence-corrected chi connectivity index (χ0v) is 13.3. The Balaban J connectivity index is 2.26. The zero-order chi connectivity index (χ0) is 16.0. The quantitative estimate of drug-likeness (QED) is 0.349. The largest absolute Gasteiger partial charge is 0.385 e. The van der Waals surface area contributed by atoms with Crippen LogP contribution < -0.4 is 16.0 Å². The van der Waals surface area contributed by atoms with Crippen molar-refractivity contribution < 1.29 is 9.53 Å². The summed E-state index contributed by atoms with van der Waals surface area (Å²) >= 11 is 0. The molecular weight excluding hydrogens is 282 g/mol. The van der Waals surface area contributed by atoms with Crippen molar-refractivity contribution in [3.05, 3.63) is 30.1 Å². The van der Waals surface area contributed by atoms with E-state index in [9.17, 15) is 4.79 Å². The van der Waals surface area contributed by atoms with Crippen molar-refractivity contribution in [2.45, 2.75) is 13.3 Å². The Bertz CT molecular complexity index is 451. The van der Waals surface area contributed by atoms with E-state index in [-0.39, 0.29) is 5.91 Å². The molecular formula is C15H25N5O2. The van der Waals surface area contributed by atoms with Crippen LogP contribution in [0.25, 0.3) is 0 Å². The summed E-state index contributed by atoms with van der Waals surface area (Å²) in [6, 6.07) is 3.47. The van der Waals surface area contributed by atoms with E-state index in [1.54, 1.807) is 31.6 Å². The predicted molar refractivity (Wildman–Crippen MR) is 87.0 cm³/mol. The van der Waals surface area contributed by atoms with E-state index < -0.39 is 0 Å². The van der Waals surface area contributed by atoms with Crippen LogP contribution in [0.15, 0.2) is 29.5 Å². The summed E-state index contributed by atoms with van der Waals surface area (Å²) in [5.74, 6) is 0.617. The molecule has 0 saturated heterocycles. The van der Waals surface area contributed by atoms with Gasteiger partial charge in [-0.25, -0.2) is 0 Å². The lowest BCUT2D eigenvalue weighted by Crippen LogP contribution is -2.41. The van der Waals surface area contributed by atoms with Crippen molar-refractivity contribution in [3.63, 3.8) is 0 Å². The lowest BCUT2D eigenvalue weighted by molar-refractivity contribution is 0.0954. The molecule has 0 aliphatic carbocycles. The summed E-state index contributed by atoms with van der Waals surface area (Å²) in [6.07, 6.45) is 4.07. The normalized spacial score (nSPS) is 11.1. The standard InChI is InChI=1S/C15H25N5O2/c1-3-17-15(19-8-5-11-22-2)20-10-9-18-14(21)13-6-4-7-16-12-13/h4,6-7,12H,3,5,8-11H2,1-2H3,(H,18,21)(H2,17,19,20). The Morgan fingerprint density at radius 3 is 2.82 bits per heavy atom. The van der Waals surface area contributed by atoms with Crippen LogP contribution in [0.4, 0.5) is 0 Å². The van der Waals surface area contributed by atoms with Gasteiger partial charge in [0, 0.05) is 52.3 Å². The molecule has 7 heteroatoms. The third-order valence-corrected chi connectivity index (χ3v) is 2.75. The van der Waals surface area contributed by atoms with Crippen LogP contribution >= 0.6 is 0 Å². The second-order valence-corrected chi connectivity index (χ2v) is 4.53. The Morgan fingerprint density at radius 1 is 1.32 bits per heavy atom. The number of nitrogens with one attached hydrogen (secondary N) is 3. The smallest absolute Gasteiger partial charge is 0.252 e. The number of amides is 1. The molecule has 0 radical (unpaired) electrons. The Hall–Kier alpha value is -2.15. The highest BCUT2D eigenvalue weighted by Gasteiger charge is 2.03. The van der Waals surface area contributed by atoms with Crippen LogP contribution in [0.1, 0.15) is 23.7 Å². The number of aromatic nitrogens is 1. The predicted octanol–water partition coefficient (Wildman–Crippen LogP) is 0.403. The van der Waals surface area contributed by atoms with Crippen LogP contribution in [0.3, 0.4) is 0 Å². The highest BCUT2D eigenvalue weighted by molar-refractivity contribution is 5.93. The molecule has 3 N–H and O–H groups in total. The number of hydrogen-bond donors (Lipinski definition) is 3. The fourth-order valence-electron chi connectivity index (χ4n) is 1.70. The molecule has 0 aromatic carbocycles. The van der Waals surface area contributed by atoms with Crippen molar-refractivity contribution in [1.29, 1.82) is 0 Å². The van der Waals surface area contributed by atoms with Crippen molar-refractivity contribution >= 4 is 11.9 Å². The maximum atomic E-state index is 11.8. The number of aliphatic imine (C=N–C) groups is 1. The number of carbonyl (C=O) groups is 1. The summed E-state index contributed by atoms with van der Waals surface area (Å²) in [5, 5.41) is 9.16. The highest BCUT2D eigenvalue weighted by atomic mass is 16.5. The van der Waals surface area contributed by atoms with Crippen LogP contribution in [0.5, 0.6) is 0 Å². The maximum absolute atomic E-state index is 11.8. The highest BCUT2D eigenvalue weighted by Crippen LogP contribution is 1.94. The molecule has 0 aliphatic rings. The number of guanidine groups is 1. The molecule has 0 saturated carbocycles. The number of carbonyl (C=O) groups excluding carboxylic acids is 1. The summed E-state index contributed by atoms with van der Waals surface area (Å²) in [4.78, 5) is 20.2. The van der Waals surface area contributed by atoms with Crippen LogP contribution in [0, 0.1) is 0 Å². The average Bonchev–Trinajstić information content (AvgIpc) is 2.56. The molecule has 0 unspecified atom stereocenters. The molecule has 122 valence electrons. The minimum absolute atomic E-state index is 0.128. The van der Waals surface area contributed by atoms with E-state index in [0.717, 1.165) is 18.9 Å². The van der Waals surface area contributed by atoms with Gasteiger partial charge in [0.05, 0.1) is 5.56 Å². The fraction of sp³-hybridized carbons (Fsp3) is 0.533. The van der Waals surface area contributed by atoms with Crippen LogP contribution in [-0.2, 0) is 4.74 Å². The third-order valence-electron chi connectivity index (χ3n) is 2.75. The summed E-state index contributed by atoms with van der Waals surface area (Å²) in [5.41, 5.74) is 0.558. The molecule has 7 nitrogen and oxygen atoms in total. The van der Waals surface area contributed by atoms with Crippen molar-refractivity contribution in [1.82, 2.24) is 20.9 Å². The molecule has 0 atom stereocenters. The summed E-state index contributed by atoms with van der Waals surface area (Å²) < 4.78 is 4.99. The number of methoxy groups -OCH3 is 1. The first-order valence-corrected chi connectivity index (χ1v) is 7.47. The van der Waals surface area contributed by atoms with Gasteiger partial charge < -0.3 is 20.7 Å². The van der Waals surface area contributed by atoms with Gasteiger partial charge in [-0.2, -0.15) is 0 Å². The molecule has 0 bridgehead atoms. The molecule has 1 aromatic rings. The first kappa shape index (κ1) is 17.9. The van der Waals surface area contributed by atoms with Crippen molar-refractivity contribution in [3.8, 4) is 0 Å². The first-order valence-electron chi connectivity index (χ1n) is 7.47. The van der Waals surface area contributed by atoms with Gasteiger partial charge in [-0.05, 0) is 25.5 Å². The molecule has 1 aromatic heterocycles. The van der Waals surface area contributed by atoms with Gasteiger partial charge in [-0.3, -0.25) is 14.8 Å². The van der Waals surface area contributed by atoms with Gasteiger partial charge in [-0.15, -0.1) is 0 Å². The Kier molecular flexibility index (Phi) is 9.36. The number of rotatable bonds is 9. The van der Waals surface area contributed by atoms with Gasteiger partial charge in [0.2, 0.25) is 0 Å².